The van der Waals surface area contributed by atoms with Crippen molar-refractivity contribution in [3.05, 3.63) is 64.5 Å². The van der Waals surface area contributed by atoms with E-state index in [2.05, 4.69) is 50.9 Å². The molecule has 126 valence electrons. The zero-order valence-corrected chi connectivity index (χ0v) is 15.0. The second kappa shape index (κ2) is 8.00. The molecule has 0 aliphatic heterocycles. The van der Waals surface area contributed by atoms with Gasteiger partial charge >= 0.3 is 0 Å². The summed E-state index contributed by atoms with van der Waals surface area (Å²) in [5.41, 5.74) is 5.72. The van der Waals surface area contributed by atoms with Crippen LogP contribution in [-0.2, 0) is 17.6 Å². The molecule has 0 atom stereocenters. The van der Waals surface area contributed by atoms with Crippen LogP contribution in [0, 0.1) is 5.41 Å². The highest BCUT2D eigenvalue weighted by molar-refractivity contribution is 5.98. The van der Waals surface area contributed by atoms with Crippen molar-refractivity contribution in [2.24, 2.45) is 0 Å². The van der Waals surface area contributed by atoms with Crippen LogP contribution in [0.4, 0.5) is 0 Å². The fourth-order valence-electron chi connectivity index (χ4n) is 3.02. The van der Waals surface area contributed by atoms with Gasteiger partial charge in [-0.05, 0) is 40.7 Å². The second-order valence-electron chi connectivity index (χ2n) is 6.76. The minimum absolute atomic E-state index is 0.293. The Morgan fingerprint density at radius 3 is 2.17 bits per heavy atom. The van der Waals surface area contributed by atoms with Gasteiger partial charge in [0.15, 0.2) is 0 Å². The summed E-state index contributed by atoms with van der Waals surface area (Å²) in [4.78, 5) is 15.1. The van der Waals surface area contributed by atoms with Crippen LogP contribution in [0.2, 0.25) is 0 Å². The van der Waals surface area contributed by atoms with Gasteiger partial charge in [0, 0.05) is 18.5 Å². The summed E-state index contributed by atoms with van der Waals surface area (Å²) in [7, 11) is 0. The molecule has 1 aromatic heterocycles. The number of benzene rings is 1. The first-order chi connectivity index (χ1) is 11.4. The maximum absolute atomic E-state index is 10.7. The lowest BCUT2D eigenvalue weighted by Gasteiger charge is -2.20. The molecule has 0 aliphatic rings. The summed E-state index contributed by atoms with van der Waals surface area (Å²) in [6.45, 7) is 8.76. The number of carbonyl (C=O) groups excluding carboxylic acids is 1. The Morgan fingerprint density at radius 1 is 1.04 bits per heavy atom. The normalized spacial score (nSPS) is 11.1. The number of pyridine rings is 1. The van der Waals surface area contributed by atoms with E-state index in [9.17, 15) is 4.79 Å². The molecule has 24 heavy (non-hydrogen) atoms. The molecule has 3 nitrogen and oxygen atoms in total. The molecule has 1 heterocycles. The number of hydrogen-bond acceptors (Lipinski definition) is 3. The topological polar surface area (TPSA) is 53.8 Å². The predicted octanol–water partition coefficient (Wildman–Crippen LogP) is 4.68. The van der Waals surface area contributed by atoms with Crippen LogP contribution >= 0.6 is 0 Å². The highest BCUT2D eigenvalue weighted by Crippen LogP contribution is 2.28. The molecule has 0 saturated carbocycles. The zero-order chi connectivity index (χ0) is 17.7. The molecule has 0 amide bonds. The van der Waals surface area contributed by atoms with Gasteiger partial charge in [-0.25, -0.2) is 0 Å². The summed E-state index contributed by atoms with van der Waals surface area (Å²) < 4.78 is 0. The summed E-state index contributed by atoms with van der Waals surface area (Å²) in [5.74, 6) is 0.835. The fourth-order valence-corrected chi connectivity index (χ4v) is 3.02. The maximum Gasteiger partial charge on any atom is 0.125 e. The minimum Gasteiger partial charge on any atom is -0.303 e. The number of aromatic nitrogens is 1. The largest absolute Gasteiger partial charge is 0.303 e. The first-order valence-corrected chi connectivity index (χ1v) is 8.53. The SMILES string of the molecule is CC(C)c1cccc(C(C)C)c1CC(=N)c1cccc(CC=O)n1. The van der Waals surface area contributed by atoms with Crippen molar-refractivity contribution in [3.63, 3.8) is 0 Å². The summed E-state index contributed by atoms with van der Waals surface area (Å²) in [6, 6.07) is 12.0. The lowest BCUT2D eigenvalue weighted by atomic mass is 9.86. The third-order valence-corrected chi connectivity index (χ3v) is 4.25. The molecule has 0 spiro atoms. The fraction of sp³-hybridized carbons (Fsp3) is 0.381. The average molecular weight is 322 g/mol. The van der Waals surface area contributed by atoms with Crippen molar-refractivity contribution in [2.75, 3.05) is 0 Å². The minimum atomic E-state index is 0.293. The Hall–Kier alpha value is -2.29. The molecular weight excluding hydrogens is 296 g/mol. The van der Waals surface area contributed by atoms with E-state index < -0.39 is 0 Å². The standard InChI is InChI=1S/C21H26N2O/c1-14(2)17-8-6-9-18(15(3)4)19(17)13-20(22)21-10-5-7-16(23-21)11-12-24/h5-10,12,14-15,22H,11,13H2,1-4H3. The Labute approximate surface area is 144 Å². The van der Waals surface area contributed by atoms with Gasteiger partial charge in [0.25, 0.3) is 0 Å². The molecule has 0 bridgehead atoms. The molecule has 0 radical (unpaired) electrons. The third-order valence-electron chi connectivity index (χ3n) is 4.25. The highest BCUT2D eigenvalue weighted by atomic mass is 16.1. The molecular formula is C21H26N2O. The lowest BCUT2D eigenvalue weighted by molar-refractivity contribution is -0.107. The van der Waals surface area contributed by atoms with E-state index in [1.807, 2.05) is 18.2 Å². The number of aldehydes is 1. The molecule has 2 rings (SSSR count). The van der Waals surface area contributed by atoms with Gasteiger partial charge in [-0.2, -0.15) is 0 Å². The number of hydrogen-bond donors (Lipinski definition) is 1. The summed E-state index contributed by atoms with van der Waals surface area (Å²) >= 11 is 0. The van der Waals surface area contributed by atoms with Gasteiger partial charge in [0.1, 0.15) is 6.29 Å². The van der Waals surface area contributed by atoms with Crippen molar-refractivity contribution < 1.29 is 4.79 Å². The van der Waals surface area contributed by atoms with E-state index in [-0.39, 0.29) is 0 Å². The van der Waals surface area contributed by atoms with E-state index in [0.717, 1.165) is 6.29 Å². The molecule has 0 aliphatic carbocycles. The molecule has 1 aromatic carbocycles. The van der Waals surface area contributed by atoms with Gasteiger partial charge in [-0.15, -0.1) is 0 Å². The van der Waals surface area contributed by atoms with Gasteiger partial charge in [-0.3, -0.25) is 4.98 Å². The maximum atomic E-state index is 10.7. The van der Waals surface area contributed by atoms with Gasteiger partial charge in [-0.1, -0.05) is 52.0 Å². The molecule has 1 N–H and O–H groups in total. The van der Waals surface area contributed by atoms with Crippen LogP contribution in [0.5, 0.6) is 0 Å². The average Bonchev–Trinajstić information content (AvgIpc) is 2.55. The Balaban J connectivity index is 2.38. The van der Waals surface area contributed by atoms with Crippen LogP contribution in [0.1, 0.15) is 67.6 Å². The first-order valence-electron chi connectivity index (χ1n) is 8.53. The van der Waals surface area contributed by atoms with E-state index >= 15 is 0 Å². The Bertz CT molecular complexity index is 706. The number of nitrogens with one attached hydrogen (secondary N) is 1. The van der Waals surface area contributed by atoms with E-state index in [4.69, 9.17) is 5.41 Å². The van der Waals surface area contributed by atoms with Crippen LogP contribution in [0.3, 0.4) is 0 Å². The van der Waals surface area contributed by atoms with Gasteiger partial charge in [0.05, 0.1) is 11.4 Å². The predicted molar refractivity (Wildman–Crippen MR) is 99.2 cm³/mol. The van der Waals surface area contributed by atoms with Crippen molar-refractivity contribution in [1.29, 1.82) is 5.41 Å². The molecule has 0 saturated heterocycles. The van der Waals surface area contributed by atoms with Crippen molar-refractivity contribution >= 4 is 12.0 Å². The highest BCUT2D eigenvalue weighted by Gasteiger charge is 2.16. The van der Waals surface area contributed by atoms with Gasteiger partial charge < -0.3 is 10.2 Å². The Kier molecular flexibility index (Phi) is 6.02. The van der Waals surface area contributed by atoms with E-state index in [1.54, 1.807) is 0 Å². The number of rotatable bonds is 7. The first kappa shape index (κ1) is 18.1. The monoisotopic (exact) mass is 322 g/mol. The molecule has 0 unspecified atom stereocenters. The van der Waals surface area contributed by atoms with Crippen LogP contribution in [0.15, 0.2) is 36.4 Å². The quantitative estimate of drug-likeness (QED) is 0.594. The summed E-state index contributed by atoms with van der Waals surface area (Å²) in [6.07, 6.45) is 1.71. The number of nitrogens with zero attached hydrogens (tertiary/aromatic N) is 1. The second-order valence-corrected chi connectivity index (χ2v) is 6.76. The van der Waals surface area contributed by atoms with Crippen molar-refractivity contribution in [1.82, 2.24) is 4.98 Å². The smallest absolute Gasteiger partial charge is 0.125 e. The van der Waals surface area contributed by atoms with Gasteiger partial charge in [0.2, 0.25) is 0 Å². The third kappa shape index (κ3) is 4.16. The van der Waals surface area contributed by atoms with Crippen molar-refractivity contribution in [2.45, 2.75) is 52.4 Å². The zero-order valence-electron chi connectivity index (χ0n) is 15.0. The van der Waals surface area contributed by atoms with Crippen LogP contribution in [-0.4, -0.2) is 17.0 Å². The van der Waals surface area contributed by atoms with Crippen LogP contribution < -0.4 is 0 Å². The molecule has 3 heteroatoms. The molecule has 2 aromatic rings. The van der Waals surface area contributed by atoms with E-state index in [0.29, 0.717) is 41.8 Å². The number of carbonyl (C=O) groups is 1. The van der Waals surface area contributed by atoms with Crippen LogP contribution in [0.25, 0.3) is 0 Å². The lowest BCUT2D eigenvalue weighted by Crippen LogP contribution is -2.12. The molecule has 0 fully saturated rings. The Morgan fingerprint density at radius 2 is 1.62 bits per heavy atom. The summed E-state index contributed by atoms with van der Waals surface area (Å²) in [5, 5.41) is 8.52. The van der Waals surface area contributed by atoms with Crippen molar-refractivity contribution in [3.8, 4) is 0 Å². The van der Waals surface area contributed by atoms with E-state index in [1.165, 1.54) is 16.7 Å².